The highest BCUT2D eigenvalue weighted by Crippen LogP contribution is 2.26. The molecular weight excluding hydrogens is 240 g/mol. The van der Waals surface area contributed by atoms with Crippen LogP contribution in [0.15, 0.2) is 30.5 Å². The molecule has 0 bridgehead atoms. The molecule has 0 fully saturated rings. The highest BCUT2D eigenvalue weighted by molar-refractivity contribution is 5.98. The highest BCUT2D eigenvalue weighted by atomic mass is 16.2. The first-order valence-corrected chi connectivity index (χ1v) is 6.29. The maximum Gasteiger partial charge on any atom is 0.247 e. The molecule has 0 saturated carbocycles. The normalized spacial score (nSPS) is 16.8. The number of fused-ring (bicyclic) bond motifs is 1. The second-order valence-electron chi connectivity index (χ2n) is 4.85. The predicted molar refractivity (Wildman–Crippen MR) is 74.1 cm³/mol. The molecule has 2 N–H and O–H groups in total. The number of rotatable bonds is 2. The van der Waals surface area contributed by atoms with Crippen LogP contribution in [0.2, 0.25) is 0 Å². The van der Waals surface area contributed by atoms with Gasteiger partial charge in [0, 0.05) is 25.4 Å². The van der Waals surface area contributed by atoms with Crippen LogP contribution in [0.4, 0.5) is 11.4 Å². The molecule has 3 rings (SSSR count). The Morgan fingerprint density at radius 1 is 1.47 bits per heavy atom. The van der Waals surface area contributed by atoms with Crippen molar-refractivity contribution < 1.29 is 4.79 Å². The first-order chi connectivity index (χ1) is 9.13. The number of carbonyl (C=O) groups is 1. The van der Waals surface area contributed by atoms with E-state index >= 15 is 0 Å². The first-order valence-electron chi connectivity index (χ1n) is 6.29. The van der Waals surface area contributed by atoms with Gasteiger partial charge in [-0.2, -0.15) is 5.10 Å². The summed E-state index contributed by atoms with van der Waals surface area (Å²) in [7, 11) is 1.84. The zero-order valence-corrected chi connectivity index (χ0v) is 11.0. The van der Waals surface area contributed by atoms with Crippen molar-refractivity contribution in [3.63, 3.8) is 0 Å². The number of nitrogens with one attached hydrogen (secondary N) is 2. The van der Waals surface area contributed by atoms with Crippen molar-refractivity contribution >= 4 is 17.3 Å². The predicted octanol–water partition coefficient (Wildman–Crippen LogP) is 1.70. The molecule has 2 heterocycles. The van der Waals surface area contributed by atoms with Crippen molar-refractivity contribution in [1.29, 1.82) is 0 Å². The summed E-state index contributed by atoms with van der Waals surface area (Å²) in [6.45, 7) is 1.88. The maximum absolute atomic E-state index is 12.2. The summed E-state index contributed by atoms with van der Waals surface area (Å²) in [4.78, 5) is 12.2. The summed E-state index contributed by atoms with van der Waals surface area (Å²) in [6.07, 6.45) is 2.54. The fraction of sp³-hybridized carbons (Fsp3) is 0.286. The topological polar surface area (TPSA) is 59.0 Å². The highest BCUT2D eigenvalue weighted by Gasteiger charge is 2.26. The molecular formula is C14H16N4O. The Morgan fingerprint density at radius 3 is 2.95 bits per heavy atom. The van der Waals surface area contributed by atoms with Crippen LogP contribution in [-0.4, -0.2) is 21.7 Å². The number of nitrogens with zero attached hydrogens (tertiary/aromatic N) is 2. The molecule has 1 aliphatic rings. The monoisotopic (exact) mass is 256 g/mol. The molecule has 0 radical (unpaired) electrons. The van der Waals surface area contributed by atoms with Crippen LogP contribution in [0.5, 0.6) is 0 Å². The molecule has 0 unspecified atom stereocenters. The largest absolute Gasteiger partial charge is 0.373 e. The number of amides is 1. The minimum Gasteiger partial charge on any atom is -0.373 e. The Hall–Kier alpha value is -2.30. The van der Waals surface area contributed by atoms with E-state index in [4.69, 9.17) is 0 Å². The Labute approximate surface area is 111 Å². The van der Waals surface area contributed by atoms with E-state index in [1.807, 2.05) is 44.4 Å². The van der Waals surface area contributed by atoms with E-state index in [9.17, 15) is 4.79 Å². The van der Waals surface area contributed by atoms with Crippen molar-refractivity contribution in [3.05, 3.63) is 41.7 Å². The molecule has 0 spiro atoms. The molecule has 1 amide bonds. The number of carbonyl (C=O) groups excluding carboxylic acids is 1. The maximum atomic E-state index is 12.2. The van der Waals surface area contributed by atoms with Gasteiger partial charge in [0.1, 0.15) is 6.04 Å². The summed E-state index contributed by atoms with van der Waals surface area (Å²) < 4.78 is 1.70. The minimum atomic E-state index is -0.211. The second-order valence-corrected chi connectivity index (χ2v) is 4.85. The van der Waals surface area contributed by atoms with Gasteiger partial charge < -0.3 is 10.6 Å². The molecule has 1 aliphatic heterocycles. The molecule has 98 valence electrons. The van der Waals surface area contributed by atoms with Crippen LogP contribution in [-0.2, 0) is 18.3 Å². The van der Waals surface area contributed by atoms with E-state index in [0.717, 1.165) is 23.5 Å². The van der Waals surface area contributed by atoms with Gasteiger partial charge in [0.2, 0.25) is 5.91 Å². The Morgan fingerprint density at radius 2 is 2.26 bits per heavy atom. The average molecular weight is 256 g/mol. The lowest BCUT2D eigenvalue weighted by molar-refractivity contribution is -0.116. The summed E-state index contributed by atoms with van der Waals surface area (Å²) >= 11 is 0. The third-order valence-corrected chi connectivity index (χ3v) is 3.36. The van der Waals surface area contributed by atoms with Crippen molar-refractivity contribution in [2.45, 2.75) is 19.4 Å². The summed E-state index contributed by atoms with van der Waals surface area (Å²) in [5.74, 6) is -0.0210. The van der Waals surface area contributed by atoms with Gasteiger partial charge in [-0.05, 0) is 18.6 Å². The lowest BCUT2D eigenvalue weighted by atomic mass is 10.1. The van der Waals surface area contributed by atoms with Crippen molar-refractivity contribution in [2.24, 2.45) is 7.05 Å². The van der Waals surface area contributed by atoms with Crippen LogP contribution in [0.1, 0.15) is 11.3 Å². The van der Waals surface area contributed by atoms with E-state index in [1.165, 1.54) is 5.56 Å². The molecule has 1 aromatic heterocycles. The van der Waals surface area contributed by atoms with Crippen molar-refractivity contribution in [2.75, 3.05) is 10.6 Å². The second kappa shape index (κ2) is 4.42. The fourth-order valence-corrected chi connectivity index (χ4v) is 2.40. The standard InChI is InChI=1S/C14H16N4O/c1-9-13(8-18(2)17-9)16-14(19)12-7-10-5-3-4-6-11(10)15-12/h3-6,8,12,15H,7H2,1-2H3,(H,16,19)/t12-/m0/s1. The number of hydrogen-bond acceptors (Lipinski definition) is 3. The lowest BCUT2D eigenvalue weighted by Gasteiger charge is -2.11. The van der Waals surface area contributed by atoms with E-state index < -0.39 is 0 Å². The smallest absolute Gasteiger partial charge is 0.247 e. The van der Waals surface area contributed by atoms with Gasteiger partial charge in [0.05, 0.1) is 11.4 Å². The van der Waals surface area contributed by atoms with E-state index in [2.05, 4.69) is 15.7 Å². The van der Waals surface area contributed by atoms with Gasteiger partial charge in [-0.1, -0.05) is 18.2 Å². The molecule has 19 heavy (non-hydrogen) atoms. The van der Waals surface area contributed by atoms with Gasteiger partial charge in [-0.3, -0.25) is 9.48 Å². The number of anilines is 2. The third-order valence-electron chi connectivity index (χ3n) is 3.36. The zero-order chi connectivity index (χ0) is 13.4. The molecule has 1 atom stereocenters. The van der Waals surface area contributed by atoms with Crippen LogP contribution in [0.3, 0.4) is 0 Å². The third kappa shape index (κ3) is 2.19. The molecule has 0 aliphatic carbocycles. The van der Waals surface area contributed by atoms with E-state index in [-0.39, 0.29) is 11.9 Å². The van der Waals surface area contributed by atoms with Crippen LogP contribution in [0.25, 0.3) is 0 Å². The van der Waals surface area contributed by atoms with Crippen molar-refractivity contribution in [3.8, 4) is 0 Å². The molecule has 5 nitrogen and oxygen atoms in total. The van der Waals surface area contributed by atoms with Gasteiger partial charge >= 0.3 is 0 Å². The van der Waals surface area contributed by atoms with E-state index in [1.54, 1.807) is 4.68 Å². The Bertz CT molecular complexity index is 607. The summed E-state index contributed by atoms with van der Waals surface area (Å²) in [5.41, 5.74) is 3.83. The number of aromatic nitrogens is 2. The summed E-state index contributed by atoms with van der Waals surface area (Å²) in [5, 5.41) is 10.4. The minimum absolute atomic E-state index is 0.0210. The zero-order valence-electron chi connectivity index (χ0n) is 11.0. The van der Waals surface area contributed by atoms with Gasteiger partial charge in [-0.15, -0.1) is 0 Å². The van der Waals surface area contributed by atoms with E-state index in [0.29, 0.717) is 0 Å². The lowest BCUT2D eigenvalue weighted by Crippen LogP contribution is -2.32. The van der Waals surface area contributed by atoms with Crippen molar-refractivity contribution in [1.82, 2.24) is 9.78 Å². The van der Waals surface area contributed by atoms with Crippen LogP contribution < -0.4 is 10.6 Å². The summed E-state index contributed by atoms with van der Waals surface area (Å²) in [6, 6.07) is 7.80. The fourth-order valence-electron chi connectivity index (χ4n) is 2.40. The Kier molecular flexibility index (Phi) is 2.74. The molecule has 0 saturated heterocycles. The number of benzene rings is 1. The molecule has 1 aromatic carbocycles. The number of aryl methyl sites for hydroxylation is 2. The quantitative estimate of drug-likeness (QED) is 0.860. The van der Waals surface area contributed by atoms with Gasteiger partial charge in [-0.25, -0.2) is 0 Å². The first kappa shape index (κ1) is 11.8. The number of hydrogen-bond donors (Lipinski definition) is 2. The average Bonchev–Trinajstić information content (AvgIpc) is 2.93. The Balaban J connectivity index is 1.72. The molecule has 5 heteroatoms. The van der Waals surface area contributed by atoms with Crippen LogP contribution in [0, 0.1) is 6.92 Å². The van der Waals surface area contributed by atoms with Gasteiger partial charge in [0.25, 0.3) is 0 Å². The molecule has 2 aromatic rings. The van der Waals surface area contributed by atoms with Crippen LogP contribution >= 0.6 is 0 Å². The van der Waals surface area contributed by atoms with Gasteiger partial charge in [0.15, 0.2) is 0 Å². The number of para-hydroxylation sites is 1. The SMILES string of the molecule is Cc1nn(C)cc1NC(=O)[C@@H]1Cc2ccccc2N1.